The molecule has 0 aromatic carbocycles. The van der Waals surface area contributed by atoms with Gasteiger partial charge in [-0.25, -0.2) is 0 Å². The summed E-state index contributed by atoms with van der Waals surface area (Å²) >= 11 is 0. The number of rotatable bonds is 6. The van der Waals surface area contributed by atoms with Crippen LogP contribution in [0.25, 0.3) is 0 Å². The van der Waals surface area contributed by atoms with E-state index in [0.29, 0.717) is 42.7 Å². The van der Waals surface area contributed by atoms with Crippen molar-refractivity contribution < 1.29 is 14.7 Å². The van der Waals surface area contributed by atoms with E-state index < -0.39 is 5.97 Å². The molecule has 148 valence electrons. The van der Waals surface area contributed by atoms with Crippen molar-refractivity contribution in [2.24, 2.45) is 11.8 Å². The molecule has 2 bridgehead atoms. The van der Waals surface area contributed by atoms with Gasteiger partial charge >= 0.3 is 5.97 Å². The van der Waals surface area contributed by atoms with Crippen LogP contribution in [0.1, 0.15) is 42.6 Å². The molecule has 0 radical (unpaired) electrons. The Bertz CT molecular complexity index is 662. The van der Waals surface area contributed by atoms with Gasteiger partial charge in [0.15, 0.2) is 0 Å². The van der Waals surface area contributed by atoms with E-state index in [0.717, 1.165) is 19.6 Å². The van der Waals surface area contributed by atoms with E-state index >= 15 is 0 Å². The van der Waals surface area contributed by atoms with Crippen LogP contribution in [0, 0.1) is 11.8 Å². The molecule has 1 aromatic heterocycles. The fraction of sp³-hybridized carbons (Fsp3) is 0.700. The van der Waals surface area contributed by atoms with Crippen molar-refractivity contribution in [3.8, 4) is 0 Å². The van der Waals surface area contributed by atoms with Crippen LogP contribution in [0.5, 0.6) is 0 Å². The van der Waals surface area contributed by atoms with Crippen LogP contribution in [0.15, 0.2) is 18.3 Å². The molecule has 4 rings (SSSR count). The fourth-order valence-electron chi connectivity index (χ4n) is 5.49. The van der Waals surface area contributed by atoms with Crippen molar-refractivity contribution in [2.45, 2.75) is 44.2 Å². The molecule has 0 saturated carbocycles. The van der Waals surface area contributed by atoms with Gasteiger partial charge in [0.1, 0.15) is 5.69 Å². The average molecular weight is 374 g/mol. The highest BCUT2D eigenvalue weighted by Crippen LogP contribution is 2.40. The van der Waals surface area contributed by atoms with Crippen LogP contribution < -0.4 is 5.32 Å². The number of fused-ring (bicyclic) bond motifs is 4. The van der Waals surface area contributed by atoms with Gasteiger partial charge in [-0.15, -0.1) is 0 Å². The van der Waals surface area contributed by atoms with Crippen molar-refractivity contribution in [3.05, 3.63) is 24.0 Å². The third kappa shape index (κ3) is 4.04. The summed E-state index contributed by atoms with van der Waals surface area (Å²) in [5.74, 6) is 0.359. The lowest BCUT2D eigenvalue weighted by Gasteiger charge is -2.57. The van der Waals surface area contributed by atoms with Gasteiger partial charge in [-0.1, -0.05) is 6.42 Å². The summed E-state index contributed by atoms with van der Waals surface area (Å²) in [5.41, 5.74) is 0.602. The lowest BCUT2D eigenvalue weighted by Crippen LogP contribution is -2.65. The summed E-state index contributed by atoms with van der Waals surface area (Å²) in [6, 6.07) is 4.56. The van der Waals surface area contributed by atoms with E-state index in [1.807, 2.05) is 6.07 Å². The van der Waals surface area contributed by atoms with Gasteiger partial charge < -0.3 is 20.3 Å². The zero-order valence-corrected chi connectivity index (χ0v) is 15.8. The number of carbonyl (C=O) groups is 2. The van der Waals surface area contributed by atoms with Crippen molar-refractivity contribution >= 4 is 11.9 Å². The lowest BCUT2D eigenvalue weighted by atomic mass is 9.72. The second-order valence-corrected chi connectivity index (χ2v) is 8.32. The smallest absolute Gasteiger partial charge is 0.304 e. The number of carbonyl (C=O) groups excluding carboxylic acids is 1. The number of hydrogen-bond donors (Lipinski definition) is 3. The molecule has 7 heteroatoms. The highest BCUT2D eigenvalue weighted by molar-refractivity contribution is 5.92. The molecule has 3 N–H and O–H groups in total. The van der Waals surface area contributed by atoms with E-state index in [9.17, 15) is 9.59 Å². The summed E-state index contributed by atoms with van der Waals surface area (Å²) in [6.07, 6.45) is 6.92. The number of piperidine rings is 3. The maximum absolute atomic E-state index is 12.4. The number of aromatic nitrogens is 1. The van der Waals surface area contributed by atoms with Gasteiger partial charge in [-0.2, -0.15) is 0 Å². The Labute approximate surface area is 160 Å². The molecule has 4 atom stereocenters. The molecule has 0 aliphatic carbocycles. The Hall–Kier alpha value is -1.86. The molecular weight excluding hydrogens is 344 g/mol. The zero-order chi connectivity index (χ0) is 18.8. The summed E-state index contributed by atoms with van der Waals surface area (Å²) in [5, 5.41) is 12.2. The number of likely N-dealkylation sites (tertiary alicyclic amines) is 1. The minimum atomic E-state index is -0.722. The highest BCUT2D eigenvalue weighted by atomic mass is 16.4. The van der Waals surface area contributed by atoms with Gasteiger partial charge in [0.05, 0.1) is 6.42 Å². The molecule has 4 heterocycles. The number of nitrogens with one attached hydrogen (secondary N) is 2. The molecule has 0 unspecified atom stereocenters. The monoisotopic (exact) mass is 374 g/mol. The Morgan fingerprint density at radius 2 is 2.11 bits per heavy atom. The Balaban J connectivity index is 1.45. The highest BCUT2D eigenvalue weighted by Gasteiger charge is 2.46. The van der Waals surface area contributed by atoms with Gasteiger partial charge in [0.25, 0.3) is 5.91 Å². The number of nitrogens with zero attached hydrogens (tertiary/aromatic N) is 2. The second kappa shape index (κ2) is 8.02. The Morgan fingerprint density at radius 1 is 1.26 bits per heavy atom. The third-order valence-corrected chi connectivity index (χ3v) is 6.65. The molecule has 3 fully saturated rings. The summed E-state index contributed by atoms with van der Waals surface area (Å²) in [7, 11) is 0. The fourth-order valence-corrected chi connectivity index (χ4v) is 5.49. The lowest BCUT2D eigenvalue weighted by molar-refractivity contribution is -0.138. The molecular formula is C20H30N4O3. The van der Waals surface area contributed by atoms with E-state index in [4.69, 9.17) is 5.11 Å². The van der Waals surface area contributed by atoms with E-state index in [-0.39, 0.29) is 12.3 Å². The molecule has 27 heavy (non-hydrogen) atoms. The zero-order valence-electron chi connectivity index (χ0n) is 15.8. The van der Waals surface area contributed by atoms with Gasteiger partial charge in [0.2, 0.25) is 0 Å². The van der Waals surface area contributed by atoms with Gasteiger partial charge in [-0.05, 0) is 49.8 Å². The Morgan fingerprint density at radius 3 is 2.89 bits per heavy atom. The summed E-state index contributed by atoms with van der Waals surface area (Å²) < 4.78 is 0. The van der Waals surface area contributed by atoms with E-state index in [1.54, 1.807) is 12.3 Å². The first kappa shape index (κ1) is 18.5. The first-order valence-corrected chi connectivity index (χ1v) is 10.2. The maximum atomic E-state index is 12.4. The van der Waals surface area contributed by atoms with E-state index in [2.05, 4.69) is 20.1 Å². The number of carboxylic acid groups (broad SMARTS) is 1. The molecule has 0 spiro atoms. The number of aliphatic carboxylic acids is 1. The van der Waals surface area contributed by atoms with Crippen molar-refractivity contribution in [1.82, 2.24) is 20.1 Å². The molecule has 1 amide bonds. The normalized spacial score (nSPS) is 31.3. The van der Waals surface area contributed by atoms with Crippen LogP contribution in [-0.2, 0) is 4.79 Å². The molecule has 7 nitrogen and oxygen atoms in total. The number of hydrogen-bond acceptors (Lipinski definition) is 4. The van der Waals surface area contributed by atoms with Crippen molar-refractivity contribution in [3.63, 3.8) is 0 Å². The quantitative estimate of drug-likeness (QED) is 0.700. The van der Waals surface area contributed by atoms with Crippen LogP contribution >= 0.6 is 0 Å². The minimum absolute atomic E-state index is 0.0470. The molecule has 3 aliphatic heterocycles. The summed E-state index contributed by atoms with van der Waals surface area (Å²) in [4.78, 5) is 31.3. The number of amides is 1. The number of aromatic amines is 1. The van der Waals surface area contributed by atoms with Crippen LogP contribution in [-0.4, -0.2) is 76.6 Å². The van der Waals surface area contributed by atoms with Crippen LogP contribution in [0.4, 0.5) is 0 Å². The Kier molecular flexibility index (Phi) is 5.50. The minimum Gasteiger partial charge on any atom is -0.481 e. The van der Waals surface area contributed by atoms with Crippen LogP contribution in [0.3, 0.4) is 0 Å². The predicted molar refractivity (Wildman–Crippen MR) is 102 cm³/mol. The SMILES string of the molecule is O=C(O)CCN1C[C@H]2C[C@@H](C1)[C@H](CNC(=O)c1ccc[nH]1)N1CCCC[C@@H]21. The first-order valence-electron chi connectivity index (χ1n) is 10.2. The summed E-state index contributed by atoms with van der Waals surface area (Å²) in [6.45, 7) is 4.38. The number of H-pyrrole nitrogens is 1. The van der Waals surface area contributed by atoms with Gasteiger partial charge in [0, 0.05) is 44.5 Å². The maximum Gasteiger partial charge on any atom is 0.304 e. The topological polar surface area (TPSA) is 88.7 Å². The van der Waals surface area contributed by atoms with Gasteiger partial charge in [-0.3, -0.25) is 14.5 Å². The van der Waals surface area contributed by atoms with Crippen molar-refractivity contribution in [1.29, 1.82) is 0 Å². The molecule has 3 saturated heterocycles. The molecule has 1 aromatic rings. The number of carboxylic acids is 1. The van der Waals surface area contributed by atoms with Crippen LogP contribution in [0.2, 0.25) is 0 Å². The average Bonchev–Trinajstić information content (AvgIpc) is 3.21. The van der Waals surface area contributed by atoms with E-state index in [1.165, 1.54) is 25.7 Å². The second-order valence-electron chi connectivity index (χ2n) is 8.32. The largest absolute Gasteiger partial charge is 0.481 e. The van der Waals surface area contributed by atoms with Crippen molar-refractivity contribution in [2.75, 3.05) is 32.7 Å². The third-order valence-electron chi connectivity index (χ3n) is 6.65. The standard InChI is InChI=1S/C20H30N4O3/c25-19(26)6-9-23-12-14-10-15(13-23)18(24-8-2-1-5-17(14)24)11-22-20(27)16-4-3-7-21-16/h3-4,7,14-15,17-18,21H,1-2,5-6,8-13H2,(H,22,27)(H,25,26)/t14-,15+,17+,18+/m1/s1. The first-order chi connectivity index (χ1) is 13.1. The molecule has 3 aliphatic rings. The predicted octanol–water partition coefficient (Wildman–Crippen LogP) is 1.39.